The average Bonchev–Trinajstić information content (AvgIpc) is 2.58. The average molecular weight is 329 g/mol. The SMILES string of the molecule is Cc1ccc(C)c(OCc2cc([N+](=O)[O-])cc3c2OCOC3)c1C. The van der Waals surface area contributed by atoms with Gasteiger partial charge >= 0.3 is 0 Å². The Kier molecular flexibility index (Phi) is 4.40. The van der Waals surface area contributed by atoms with E-state index in [1.165, 1.54) is 12.1 Å². The Morgan fingerprint density at radius 3 is 2.71 bits per heavy atom. The number of hydrogen-bond donors (Lipinski definition) is 0. The highest BCUT2D eigenvalue weighted by molar-refractivity contribution is 5.51. The summed E-state index contributed by atoms with van der Waals surface area (Å²) in [5.74, 6) is 1.43. The van der Waals surface area contributed by atoms with Gasteiger partial charge in [-0.25, -0.2) is 0 Å². The molecule has 0 N–H and O–H groups in total. The molecule has 0 saturated carbocycles. The second-order valence-electron chi connectivity index (χ2n) is 5.90. The molecule has 1 heterocycles. The van der Waals surface area contributed by atoms with Gasteiger partial charge in [0, 0.05) is 23.3 Å². The second kappa shape index (κ2) is 6.49. The van der Waals surface area contributed by atoms with Crippen molar-refractivity contribution in [3.8, 4) is 11.5 Å². The van der Waals surface area contributed by atoms with Gasteiger partial charge in [0.2, 0.25) is 0 Å². The highest BCUT2D eigenvalue weighted by Crippen LogP contribution is 2.34. The maximum absolute atomic E-state index is 11.1. The normalized spacial score (nSPS) is 13.1. The van der Waals surface area contributed by atoms with Crippen LogP contribution in [0, 0.1) is 30.9 Å². The van der Waals surface area contributed by atoms with Crippen molar-refractivity contribution in [2.24, 2.45) is 0 Å². The third-order valence-electron chi connectivity index (χ3n) is 4.23. The zero-order chi connectivity index (χ0) is 17.3. The topological polar surface area (TPSA) is 70.8 Å². The summed E-state index contributed by atoms with van der Waals surface area (Å²) in [6.07, 6.45) is 0. The van der Waals surface area contributed by atoms with Crippen molar-refractivity contribution in [2.45, 2.75) is 34.0 Å². The summed E-state index contributed by atoms with van der Waals surface area (Å²) in [6, 6.07) is 7.05. The van der Waals surface area contributed by atoms with Crippen molar-refractivity contribution in [1.29, 1.82) is 0 Å². The number of hydrogen-bond acceptors (Lipinski definition) is 5. The monoisotopic (exact) mass is 329 g/mol. The van der Waals surface area contributed by atoms with Gasteiger partial charge < -0.3 is 14.2 Å². The van der Waals surface area contributed by atoms with Gasteiger partial charge in [-0.3, -0.25) is 10.1 Å². The number of aryl methyl sites for hydroxylation is 2. The molecule has 2 aromatic carbocycles. The van der Waals surface area contributed by atoms with Crippen LogP contribution in [0.15, 0.2) is 24.3 Å². The fourth-order valence-corrected chi connectivity index (χ4v) is 2.79. The first-order valence-electron chi connectivity index (χ1n) is 7.67. The molecule has 3 rings (SSSR count). The third-order valence-corrected chi connectivity index (χ3v) is 4.23. The zero-order valence-electron chi connectivity index (χ0n) is 13.9. The minimum Gasteiger partial charge on any atom is -0.488 e. The summed E-state index contributed by atoms with van der Waals surface area (Å²) in [5.41, 5.74) is 4.58. The number of nitrogens with zero attached hydrogens (tertiary/aromatic N) is 1. The molecule has 0 atom stereocenters. The quantitative estimate of drug-likeness (QED) is 0.627. The molecule has 6 heteroatoms. The van der Waals surface area contributed by atoms with Crippen LogP contribution >= 0.6 is 0 Å². The van der Waals surface area contributed by atoms with Crippen molar-refractivity contribution in [3.05, 3.63) is 62.2 Å². The lowest BCUT2D eigenvalue weighted by molar-refractivity contribution is -0.385. The van der Waals surface area contributed by atoms with Gasteiger partial charge in [0.15, 0.2) is 6.79 Å². The predicted molar refractivity (Wildman–Crippen MR) is 88.4 cm³/mol. The fraction of sp³-hybridized carbons (Fsp3) is 0.333. The smallest absolute Gasteiger partial charge is 0.270 e. The van der Waals surface area contributed by atoms with E-state index in [2.05, 4.69) is 0 Å². The Labute approximate surface area is 140 Å². The van der Waals surface area contributed by atoms with Gasteiger partial charge in [0.1, 0.15) is 18.1 Å². The Morgan fingerprint density at radius 2 is 1.96 bits per heavy atom. The number of nitro groups is 1. The summed E-state index contributed by atoms with van der Waals surface area (Å²) in [7, 11) is 0. The van der Waals surface area contributed by atoms with Gasteiger partial charge in [-0.1, -0.05) is 12.1 Å². The molecule has 0 aliphatic carbocycles. The maximum atomic E-state index is 11.1. The molecular formula is C18H19NO5. The molecule has 0 bridgehead atoms. The van der Waals surface area contributed by atoms with Crippen LogP contribution in [0.1, 0.15) is 27.8 Å². The summed E-state index contributed by atoms with van der Waals surface area (Å²) >= 11 is 0. The van der Waals surface area contributed by atoms with Gasteiger partial charge in [-0.15, -0.1) is 0 Å². The lowest BCUT2D eigenvalue weighted by Crippen LogP contribution is -2.14. The minimum atomic E-state index is -0.415. The van der Waals surface area contributed by atoms with Crippen LogP contribution in [0.4, 0.5) is 5.69 Å². The molecule has 2 aromatic rings. The van der Waals surface area contributed by atoms with Crippen molar-refractivity contribution in [3.63, 3.8) is 0 Å². The van der Waals surface area contributed by atoms with E-state index in [1.54, 1.807) is 0 Å². The highest BCUT2D eigenvalue weighted by atomic mass is 16.7. The van der Waals surface area contributed by atoms with E-state index in [0.29, 0.717) is 23.5 Å². The van der Waals surface area contributed by atoms with Gasteiger partial charge in [-0.05, 0) is 37.5 Å². The minimum absolute atomic E-state index is 0.0131. The summed E-state index contributed by atoms with van der Waals surface area (Å²) in [5, 5.41) is 11.1. The van der Waals surface area contributed by atoms with Crippen LogP contribution in [-0.2, 0) is 18.0 Å². The van der Waals surface area contributed by atoms with Crippen LogP contribution in [0.5, 0.6) is 11.5 Å². The molecule has 6 nitrogen and oxygen atoms in total. The Bertz CT molecular complexity index is 800. The maximum Gasteiger partial charge on any atom is 0.270 e. The van der Waals surface area contributed by atoms with E-state index in [9.17, 15) is 10.1 Å². The molecule has 1 aliphatic heterocycles. The van der Waals surface area contributed by atoms with E-state index < -0.39 is 4.92 Å². The van der Waals surface area contributed by atoms with Crippen LogP contribution < -0.4 is 9.47 Å². The standard InChI is InChI=1S/C18H19NO5/c1-11-4-5-12(2)17(13(11)3)23-9-15-7-16(19(20)21)6-14-8-22-10-24-18(14)15/h4-7H,8-10H2,1-3H3. The molecular weight excluding hydrogens is 310 g/mol. The van der Waals surface area contributed by atoms with E-state index in [0.717, 1.165) is 22.4 Å². The summed E-state index contributed by atoms with van der Waals surface area (Å²) in [6.45, 7) is 6.65. The molecule has 0 radical (unpaired) electrons. The first kappa shape index (κ1) is 16.3. The molecule has 126 valence electrons. The van der Waals surface area contributed by atoms with Crippen LogP contribution in [0.3, 0.4) is 0 Å². The van der Waals surface area contributed by atoms with E-state index in [1.807, 2.05) is 32.9 Å². The molecule has 0 spiro atoms. The summed E-state index contributed by atoms with van der Waals surface area (Å²) in [4.78, 5) is 10.7. The number of nitro benzene ring substituents is 1. The molecule has 24 heavy (non-hydrogen) atoms. The lowest BCUT2D eigenvalue weighted by atomic mass is 10.0. The van der Waals surface area contributed by atoms with Crippen molar-refractivity contribution < 1.29 is 19.1 Å². The Balaban J connectivity index is 1.94. The van der Waals surface area contributed by atoms with Gasteiger partial charge in [0.05, 0.1) is 11.5 Å². The van der Waals surface area contributed by atoms with Crippen LogP contribution in [0.25, 0.3) is 0 Å². The van der Waals surface area contributed by atoms with Crippen LogP contribution in [0.2, 0.25) is 0 Å². The molecule has 0 amide bonds. The van der Waals surface area contributed by atoms with E-state index in [-0.39, 0.29) is 19.1 Å². The fourth-order valence-electron chi connectivity index (χ4n) is 2.79. The van der Waals surface area contributed by atoms with Crippen molar-refractivity contribution in [2.75, 3.05) is 6.79 Å². The first-order valence-corrected chi connectivity index (χ1v) is 7.67. The van der Waals surface area contributed by atoms with Crippen molar-refractivity contribution in [1.82, 2.24) is 0 Å². The third kappa shape index (κ3) is 3.05. The number of ether oxygens (including phenoxy) is 3. The number of benzene rings is 2. The predicted octanol–water partition coefficient (Wildman–Crippen LogP) is 3.97. The first-order chi connectivity index (χ1) is 11.5. The number of non-ortho nitro benzene ring substituents is 1. The zero-order valence-corrected chi connectivity index (χ0v) is 13.9. The lowest BCUT2D eigenvalue weighted by Gasteiger charge is -2.21. The molecule has 0 aromatic heterocycles. The number of rotatable bonds is 4. The summed E-state index contributed by atoms with van der Waals surface area (Å²) < 4.78 is 16.7. The van der Waals surface area contributed by atoms with Gasteiger partial charge in [-0.2, -0.15) is 0 Å². The Morgan fingerprint density at radius 1 is 1.21 bits per heavy atom. The highest BCUT2D eigenvalue weighted by Gasteiger charge is 2.21. The van der Waals surface area contributed by atoms with Gasteiger partial charge in [0.25, 0.3) is 5.69 Å². The van der Waals surface area contributed by atoms with Crippen molar-refractivity contribution >= 4 is 5.69 Å². The van der Waals surface area contributed by atoms with E-state index >= 15 is 0 Å². The molecule has 1 aliphatic rings. The van der Waals surface area contributed by atoms with E-state index in [4.69, 9.17) is 14.2 Å². The molecule has 0 unspecified atom stereocenters. The number of fused-ring (bicyclic) bond motifs is 1. The molecule has 0 saturated heterocycles. The Hall–Kier alpha value is -2.60. The largest absolute Gasteiger partial charge is 0.488 e. The van der Waals surface area contributed by atoms with Crippen LogP contribution in [-0.4, -0.2) is 11.7 Å². The second-order valence-corrected chi connectivity index (χ2v) is 5.90. The molecule has 0 fully saturated rings.